The number of urea groups is 1. The third kappa shape index (κ3) is 4.65. The topological polar surface area (TPSA) is 75.3 Å². The zero-order valence-electron chi connectivity index (χ0n) is 18.0. The number of rotatable bonds is 5. The van der Waals surface area contributed by atoms with E-state index in [1.54, 1.807) is 12.1 Å². The number of hydrogen-bond acceptors (Lipinski definition) is 3. The number of amides is 2. The molecule has 0 bridgehead atoms. The van der Waals surface area contributed by atoms with Crippen molar-refractivity contribution in [2.45, 2.75) is 51.3 Å². The Morgan fingerprint density at radius 2 is 1.40 bits per heavy atom. The Bertz CT molecular complexity index is 1170. The normalized spacial score (nSPS) is 11.8. The Kier molecular flexibility index (Phi) is 6.17. The van der Waals surface area contributed by atoms with Crippen molar-refractivity contribution in [1.82, 2.24) is 4.72 Å². The summed E-state index contributed by atoms with van der Waals surface area (Å²) in [6, 6.07) is 15.6. The molecule has 0 saturated heterocycles. The van der Waals surface area contributed by atoms with E-state index in [2.05, 4.69) is 10.0 Å². The summed E-state index contributed by atoms with van der Waals surface area (Å²) in [5, 5.41) is 4.53. The molecular weight excluding hydrogens is 396 g/mol. The maximum absolute atomic E-state index is 12.8. The molecule has 3 aromatic rings. The number of carbonyl (C=O) groups excluding carboxylic acids is 1. The van der Waals surface area contributed by atoms with Crippen LogP contribution in [0.3, 0.4) is 0 Å². The Hall–Kier alpha value is -2.86. The first kappa shape index (κ1) is 21.8. The minimum absolute atomic E-state index is 0.0495. The van der Waals surface area contributed by atoms with E-state index in [0.29, 0.717) is 5.69 Å². The average Bonchev–Trinajstić information content (AvgIpc) is 2.67. The average molecular weight is 425 g/mol. The van der Waals surface area contributed by atoms with Gasteiger partial charge in [0.25, 0.3) is 10.0 Å². The van der Waals surface area contributed by atoms with Crippen LogP contribution in [-0.2, 0) is 10.0 Å². The molecule has 0 heterocycles. The van der Waals surface area contributed by atoms with E-state index in [9.17, 15) is 13.2 Å². The van der Waals surface area contributed by atoms with Gasteiger partial charge in [0.2, 0.25) is 0 Å². The molecule has 0 spiro atoms. The Morgan fingerprint density at radius 3 is 1.97 bits per heavy atom. The molecule has 158 valence electrons. The zero-order valence-corrected chi connectivity index (χ0v) is 18.8. The fourth-order valence-electron chi connectivity index (χ4n) is 3.55. The van der Waals surface area contributed by atoms with Gasteiger partial charge in [-0.2, -0.15) is 0 Å². The van der Waals surface area contributed by atoms with Gasteiger partial charge in [-0.1, -0.05) is 75.7 Å². The summed E-state index contributed by atoms with van der Waals surface area (Å²) in [5.74, 6) is 0.351. The second-order valence-corrected chi connectivity index (χ2v) is 9.88. The number of hydrogen-bond donors (Lipinski definition) is 2. The van der Waals surface area contributed by atoms with Crippen LogP contribution < -0.4 is 10.0 Å². The molecule has 2 N–H and O–H groups in total. The highest BCUT2D eigenvalue weighted by atomic mass is 32.2. The van der Waals surface area contributed by atoms with Crippen molar-refractivity contribution >= 4 is 32.5 Å². The second kappa shape index (κ2) is 8.48. The van der Waals surface area contributed by atoms with Crippen LogP contribution in [0.2, 0.25) is 0 Å². The lowest BCUT2D eigenvalue weighted by atomic mass is 9.90. The predicted molar refractivity (Wildman–Crippen MR) is 123 cm³/mol. The summed E-state index contributed by atoms with van der Waals surface area (Å²) in [6.07, 6.45) is 0. The Labute approximate surface area is 178 Å². The largest absolute Gasteiger partial charge is 0.333 e. The van der Waals surface area contributed by atoms with Gasteiger partial charge >= 0.3 is 6.03 Å². The van der Waals surface area contributed by atoms with Gasteiger partial charge in [0, 0.05) is 5.69 Å². The van der Waals surface area contributed by atoms with Crippen molar-refractivity contribution in [2.75, 3.05) is 5.32 Å². The lowest BCUT2D eigenvalue weighted by Crippen LogP contribution is -2.35. The summed E-state index contributed by atoms with van der Waals surface area (Å²) in [7, 11) is -4.01. The van der Waals surface area contributed by atoms with Crippen LogP contribution in [-0.4, -0.2) is 14.4 Å². The van der Waals surface area contributed by atoms with Gasteiger partial charge in [-0.05, 0) is 52.8 Å². The van der Waals surface area contributed by atoms with Crippen molar-refractivity contribution in [3.05, 3.63) is 71.3 Å². The number of fused-ring (bicyclic) bond motifs is 1. The molecule has 0 aliphatic carbocycles. The second-order valence-electron chi connectivity index (χ2n) is 8.20. The first-order valence-electron chi connectivity index (χ1n) is 10.1. The molecule has 30 heavy (non-hydrogen) atoms. The molecule has 6 heteroatoms. The number of sulfonamides is 1. The minimum atomic E-state index is -4.01. The third-order valence-corrected chi connectivity index (χ3v) is 6.41. The predicted octanol–water partition coefficient (Wildman–Crippen LogP) is 5.91. The monoisotopic (exact) mass is 424 g/mol. The van der Waals surface area contributed by atoms with E-state index >= 15 is 0 Å². The van der Waals surface area contributed by atoms with Crippen LogP contribution >= 0.6 is 0 Å². The SMILES string of the molecule is Cc1cc(C(C)C)c(NC(=O)NS(=O)(=O)c2ccc3ccccc3c2)c(C(C)C)c1. The number of aryl methyl sites for hydroxylation is 1. The van der Waals surface area contributed by atoms with Crippen LogP contribution in [0.1, 0.15) is 56.2 Å². The highest BCUT2D eigenvalue weighted by Gasteiger charge is 2.21. The van der Waals surface area contributed by atoms with E-state index in [1.807, 2.05) is 71.0 Å². The van der Waals surface area contributed by atoms with Crippen molar-refractivity contribution in [1.29, 1.82) is 0 Å². The number of anilines is 1. The maximum Gasteiger partial charge on any atom is 0.333 e. The standard InChI is InChI=1S/C24H28N2O3S/c1-15(2)21-12-17(5)13-22(16(3)4)23(21)25-24(27)26-30(28,29)20-11-10-18-8-6-7-9-19(18)14-20/h6-16H,1-5H3,(H2,25,26,27). The molecule has 0 atom stereocenters. The van der Waals surface area contributed by atoms with Crippen molar-refractivity contribution < 1.29 is 13.2 Å². The third-order valence-electron chi connectivity index (χ3n) is 5.08. The van der Waals surface area contributed by atoms with E-state index in [4.69, 9.17) is 0 Å². The number of carbonyl (C=O) groups is 1. The maximum atomic E-state index is 12.8. The van der Waals surface area contributed by atoms with Crippen molar-refractivity contribution in [3.63, 3.8) is 0 Å². The zero-order chi connectivity index (χ0) is 22.1. The summed E-state index contributed by atoms with van der Waals surface area (Å²) in [6.45, 7) is 10.2. The molecule has 0 fully saturated rings. The van der Waals surface area contributed by atoms with Gasteiger partial charge in [-0.3, -0.25) is 0 Å². The molecule has 0 aliphatic heterocycles. The number of benzene rings is 3. The van der Waals surface area contributed by atoms with Crippen LogP contribution in [0, 0.1) is 6.92 Å². The first-order valence-corrected chi connectivity index (χ1v) is 11.5. The molecule has 3 aromatic carbocycles. The molecule has 0 aliphatic rings. The fraction of sp³-hybridized carbons (Fsp3) is 0.292. The lowest BCUT2D eigenvalue weighted by molar-refractivity contribution is 0.256. The van der Waals surface area contributed by atoms with Gasteiger partial charge < -0.3 is 5.32 Å². The molecule has 3 rings (SSSR count). The molecule has 0 radical (unpaired) electrons. The fourth-order valence-corrected chi connectivity index (χ4v) is 4.50. The Morgan fingerprint density at radius 1 is 0.833 bits per heavy atom. The van der Waals surface area contributed by atoms with Crippen molar-refractivity contribution in [3.8, 4) is 0 Å². The van der Waals surface area contributed by atoms with Crippen LogP contribution in [0.4, 0.5) is 10.5 Å². The molecule has 0 saturated carbocycles. The van der Waals surface area contributed by atoms with E-state index in [-0.39, 0.29) is 16.7 Å². The van der Waals surface area contributed by atoms with Gasteiger partial charge in [0.1, 0.15) is 0 Å². The minimum Gasteiger partial charge on any atom is -0.307 e. The lowest BCUT2D eigenvalue weighted by Gasteiger charge is -2.21. The first-order chi connectivity index (χ1) is 14.1. The van der Waals surface area contributed by atoms with Gasteiger partial charge in [-0.15, -0.1) is 0 Å². The van der Waals surface area contributed by atoms with Crippen LogP contribution in [0.15, 0.2) is 59.5 Å². The highest BCUT2D eigenvalue weighted by Crippen LogP contribution is 2.34. The quantitative estimate of drug-likeness (QED) is 0.535. The van der Waals surface area contributed by atoms with Crippen LogP contribution in [0.25, 0.3) is 10.8 Å². The Balaban J connectivity index is 1.91. The van der Waals surface area contributed by atoms with E-state index in [1.165, 1.54) is 6.07 Å². The van der Waals surface area contributed by atoms with Gasteiger partial charge in [0.15, 0.2) is 0 Å². The molecule has 2 amide bonds. The summed E-state index contributed by atoms with van der Waals surface area (Å²) < 4.78 is 27.7. The van der Waals surface area contributed by atoms with E-state index in [0.717, 1.165) is 27.5 Å². The summed E-state index contributed by atoms with van der Waals surface area (Å²) in [4.78, 5) is 12.7. The van der Waals surface area contributed by atoms with Gasteiger partial charge in [0.05, 0.1) is 4.90 Å². The summed E-state index contributed by atoms with van der Waals surface area (Å²) >= 11 is 0. The smallest absolute Gasteiger partial charge is 0.307 e. The van der Waals surface area contributed by atoms with E-state index < -0.39 is 16.1 Å². The molecular formula is C24H28N2O3S. The van der Waals surface area contributed by atoms with Crippen molar-refractivity contribution in [2.24, 2.45) is 0 Å². The number of nitrogens with one attached hydrogen (secondary N) is 2. The molecule has 0 unspecified atom stereocenters. The molecule has 5 nitrogen and oxygen atoms in total. The summed E-state index contributed by atoms with van der Waals surface area (Å²) in [5.41, 5.74) is 3.75. The molecule has 0 aromatic heterocycles. The highest BCUT2D eigenvalue weighted by molar-refractivity contribution is 7.90. The van der Waals surface area contributed by atoms with Gasteiger partial charge in [-0.25, -0.2) is 17.9 Å². The van der Waals surface area contributed by atoms with Crippen LogP contribution in [0.5, 0.6) is 0 Å².